The fourth-order valence-electron chi connectivity index (χ4n) is 3.39. The highest BCUT2D eigenvalue weighted by molar-refractivity contribution is 6.25. The van der Waals surface area contributed by atoms with Gasteiger partial charge in [0.25, 0.3) is 11.8 Å². The second-order valence-corrected chi connectivity index (χ2v) is 7.08. The summed E-state index contributed by atoms with van der Waals surface area (Å²) >= 11 is 0. The monoisotopic (exact) mass is 366 g/mol. The quantitative estimate of drug-likeness (QED) is 0.779. The van der Waals surface area contributed by atoms with Crippen LogP contribution in [0.5, 0.6) is 0 Å². The van der Waals surface area contributed by atoms with E-state index in [1.807, 2.05) is 12.1 Å². The number of benzene rings is 2. The first kappa shape index (κ1) is 17.3. The molecule has 2 aliphatic heterocycles. The summed E-state index contributed by atoms with van der Waals surface area (Å²) in [5.74, 6) is -0.809. The molecule has 0 spiro atoms. The molecule has 0 saturated carbocycles. The summed E-state index contributed by atoms with van der Waals surface area (Å²) in [7, 11) is 0. The van der Waals surface area contributed by atoms with Crippen molar-refractivity contribution >= 4 is 17.5 Å². The lowest BCUT2D eigenvalue weighted by Gasteiger charge is -2.21. The summed E-state index contributed by atoms with van der Waals surface area (Å²) < 4.78 is 13.2. The van der Waals surface area contributed by atoms with E-state index in [2.05, 4.69) is 36.3 Å². The molecule has 0 bridgehead atoms. The molecule has 2 heterocycles. The van der Waals surface area contributed by atoms with Gasteiger partial charge in [0.15, 0.2) is 12.1 Å². The van der Waals surface area contributed by atoms with Gasteiger partial charge in [-0.05, 0) is 41.3 Å². The number of halogens is 1. The van der Waals surface area contributed by atoms with Gasteiger partial charge in [-0.3, -0.25) is 14.6 Å². The van der Waals surface area contributed by atoms with Crippen LogP contribution in [0, 0.1) is 5.82 Å². The van der Waals surface area contributed by atoms with Crippen molar-refractivity contribution in [1.82, 2.24) is 5.01 Å². The van der Waals surface area contributed by atoms with Gasteiger partial charge in [0.1, 0.15) is 5.82 Å². The van der Waals surface area contributed by atoms with Crippen LogP contribution in [0.25, 0.3) is 0 Å². The lowest BCUT2D eigenvalue weighted by atomic mass is 10.0. The number of anilines is 1. The molecular weight excluding hydrogens is 347 g/mol. The van der Waals surface area contributed by atoms with Crippen LogP contribution in [-0.2, 0) is 16.1 Å². The first-order valence-corrected chi connectivity index (χ1v) is 8.85. The smallest absolute Gasteiger partial charge is 0.263 e. The molecule has 0 aliphatic carbocycles. The third-order valence-electron chi connectivity index (χ3n) is 4.93. The molecule has 2 atom stereocenters. The van der Waals surface area contributed by atoms with Gasteiger partial charge in [-0.2, -0.15) is 5.11 Å². The number of hydrogen-bond acceptors (Lipinski definition) is 5. The third kappa shape index (κ3) is 2.99. The zero-order valence-corrected chi connectivity index (χ0v) is 15.0. The summed E-state index contributed by atoms with van der Waals surface area (Å²) in [4.78, 5) is 26.6. The Bertz CT molecular complexity index is 909. The Morgan fingerprint density at radius 1 is 1.00 bits per heavy atom. The molecule has 0 aromatic heterocycles. The number of amides is 2. The van der Waals surface area contributed by atoms with E-state index in [0.29, 0.717) is 18.2 Å². The van der Waals surface area contributed by atoms with Crippen molar-refractivity contribution in [3.05, 3.63) is 65.5 Å². The average molecular weight is 366 g/mol. The number of rotatable bonds is 4. The minimum atomic E-state index is -0.850. The Hall–Kier alpha value is -3.09. The van der Waals surface area contributed by atoms with Crippen molar-refractivity contribution in [3.8, 4) is 0 Å². The first-order valence-electron chi connectivity index (χ1n) is 8.85. The maximum atomic E-state index is 13.2. The highest BCUT2D eigenvalue weighted by Crippen LogP contribution is 2.32. The standard InChI is InChI=1S/C20H19FN4O2/c1-12(2)14-5-3-13(4-6-14)11-24-18-17(22-23-24)19(26)25(20(18)27)16-9-7-15(21)8-10-16/h3-10,12,17-18H,11H2,1-2H3/t17-,18+/m0/s1. The lowest BCUT2D eigenvalue weighted by Crippen LogP contribution is -2.39. The lowest BCUT2D eigenvalue weighted by molar-refractivity contribution is -0.123. The molecule has 138 valence electrons. The molecule has 0 unspecified atom stereocenters. The van der Waals surface area contributed by atoms with Gasteiger partial charge < -0.3 is 0 Å². The van der Waals surface area contributed by atoms with Crippen molar-refractivity contribution in [1.29, 1.82) is 0 Å². The normalized spacial score (nSPS) is 21.5. The van der Waals surface area contributed by atoms with Crippen LogP contribution in [-0.4, -0.2) is 28.9 Å². The van der Waals surface area contributed by atoms with Crippen molar-refractivity contribution in [2.45, 2.75) is 38.4 Å². The maximum Gasteiger partial charge on any atom is 0.263 e. The van der Waals surface area contributed by atoms with E-state index in [1.54, 1.807) is 5.01 Å². The minimum absolute atomic E-state index is 0.345. The summed E-state index contributed by atoms with van der Waals surface area (Å²) in [5.41, 5.74) is 2.56. The fraction of sp³-hybridized carbons (Fsp3) is 0.300. The second-order valence-electron chi connectivity index (χ2n) is 7.08. The zero-order valence-electron chi connectivity index (χ0n) is 15.0. The predicted molar refractivity (Wildman–Crippen MR) is 97.4 cm³/mol. The summed E-state index contributed by atoms with van der Waals surface area (Å²) in [5, 5.41) is 9.61. The Morgan fingerprint density at radius 3 is 2.30 bits per heavy atom. The van der Waals surface area contributed by atoms with Crippen LogP contribution in [0.4, 0.5) is 10.1 Å². The molecular formula is C20H19FN4O2. The number of carbonyl (C=O) groups excluding carboxylic acids is 2. The summed E-state index contributed by atoms with van der Waals surface area (Å²) in [6.45, 7) is 4.64. The minimum Gasteiger partial charge on any atom is -0.271 e. The number of fused-ring (bicyclic) bond motifs is 1. The van der Waals surface area contributed by atoms with Crippen LogP contribution >= 0.6 is 0 Å². The van der Waals surface area contributed by atoms with Crippen molar-refractivity contribution in [3.63, 3.8) is 0 Å². The largest absolute Gasteiger partial charge is 0.271 e. The fourth-order valence-corrected chi connectivity index (χ4v) is 3.39. The van der Waals surface area contributed by atoms with E-state index in [1.165, 1.54) is 29.8 Å². The van der Waals surface area contributed by atoms with Crippen LogP contribution in [0.15, 0.2) is 58.9 Å². The van der Waals surface area contributed by atoms with E-state index in [-0.39, 0.29) is 5.91 Å². The van der Waals surface area contributed by atoms with Gasteiger partial charge in [-0.15, -0.1) is 0 Å². The van der Waals surface area contributed by atoms with Crippen LogP contribution in [0.2, 0.25) is 0 Å². The van der Waals surface area contributed by atoms with E-state index < -0.39 is 23.8 Å². The Balaban J connectivity index is 1.55. The molecule has 0 N–H and O–H groups in total. The zero-order chi connectivity index (χ0) is 19.1. The topological polar surface area (TPSA) is 65.3 Å². The Morgan fingerprint density at radius 2 is 1.67 bits per heavy atom. The molecule has 2 amide bonds. The van der Waals surface area contributed by atoms with Crippen LogP contribution in [0.1, 0.15) is 30.9 Å². The number of imide groups is 1. The highest BCUT2D eigenvalue weighted by atomic mass is 19.1. The SMILES string of the molecule is CC(C)c1ccc(CN2N=N[C@@H]3C(=O)N(c4ccc(F)cc4)C(=O)[C@@H]32)cc1. The maximum absolute atomic E-state index is 13.2. The van der Waals surface area contributed by atoms with Gasteiger partial charge in [-0.25, -0.2) is 9.29 Å². The van der Waals surface area contributed by atoms with Gasteiger partial charge in [0, 0.05) is 0 Å². The molecule has 6 nitrogen and oxygen atoms in total. The molecule has 4 rings (SSSR count). The molecule has 2 aromatic carbocycles. The molecule has 1 fully saturated rings. The van der Waals surface area contributed by atoms with E-state index >= 15 is 0 Å². The molecule has 27 heavy (non-hydrogen) atoms. The number of hydrogen-bond donors (Lipinski definition) is 0. The molecule has 7 heteroatoms. The van der Waals surface area contributed by atoms with Crippen LogP contribution in [0.3, 0.4) is 0 Å². The van der Waals surface area contributed by atoms with Crippen LogP contribution < -0.4 is 4.90 Å². The van der Waals surface area contributed by atoms with Crippen molar-refractivity contribution in [2.75, 3.05) is 4.90 Å². The number of nitrogens with zero attached hydrogens (tertiary/aromatic N) is 4. The molecule has 2 aromatic rings. The highest BCUT2D eigenvalue weighted by Gasteiger charge is 2.54. The van der Waals surface area contributed by atoms with Gasteiger partial charge in [0.05, 0.1) is 12.2 Å². The predicted octanol–water partition coefficient (Wildman–Crippen LogP) is 3.44. The molecule has 2 aliphatic rings. The summed E-state index contributed by atoms with van der Waals surface area (Å²) in [6.07, 6.45) is 0. The van der Waals surface area contributed by atoms with E-state index in [4.69, 9.17) is 0 Å². The van der Waals surface area contributed by atoms with Crippen molar-refractivity contribution in [2.24, 2.45) is 10.3 Å². The second kappa shape index (κ2) is 6.57. The Kier molecular flexibility index (Phi) is 4.22. The van der Waals surface area contributed by atoms with Gasteiger partial charge in [-0.1, -0.05) is 43.3 Å². The van der Waals surface area contributed by atoms with Gasteiger partial charge in [0.2, 0.25) is 0 Å². The van der Waals surface area contributed by atoms with E-state index in [9.17, 15) is 14.0 Å². The van der Waals surface area contributed by atoms with Gasteiger partial charge >= 0.3 is 0 Å². The Labute approximate surface area is 156 Å². The molecule has 1 saturated heterocycles. The summed E-state index contributed by atoms with van der Waals surface area (Å²) in [6, 6.07) is 11.8. The molecule has 0 radical (unpaired) electrons. The average Bonchev–Trinajstić information content (AvgIpc) is 3.17. The first-order chi connectivity index (χ1) is 13.0. The van der Waals surface area contributed by atoms with Crippen molar-refractivity contribution < 1.29 is 14.0 Å². The third-order valence-corrected chi connectivity index (χ3v) is 4.93. The van der Waals surface area contributed by atoms with E-state index in [0.717, 1.165) is 10.5 Å². The number of carbonyl (C=O) groups is 2.